The number of nitrogens with one attached hydrogen (secondary N) is 1. The Bertz CT molecular complexity index is 1080. The smallest absolute Gasteiger partial charge is 0.168 e. The van der Waals surface area contributed by atoms with Gasteiger partial charge in [-0.1, -0.05) is 12.1 Å². The third kappa shape index (κ3) is 2.65. The summed E-state index contributed by atoms with van der Waals surface area (Å²) < 4.78 is 15.5. The van der Waals surface area contributed by atoms with Gasteiger partial charge in [-0.15, -0.1) is 0 Å². The van der Waals surface area contributed by atoms with Gasteiger partial charge in [0.05, 0.1) is 11.6 Å². The first-order chi connectivity index (χ1) is 12.1. The van der Waals surface area contributed by atoms with Crippen LogP contribution >= 0.6 is 0 Å². The van der Waals surface area contributed by atoms with Crippen molar-refractivity contribution in [3.8, 4) is 11.4 Å². The molecule has 0 saturated carbocycles. The molecule has 0 saturated heterocycles. The third-order valence-electron chi connectivity index (χ3n) is 3.91. The van der Waals surface area contributed by atoms with Gasteiger partial charge in [0.25, 0.3) is 0 Å². The lowest BCUT2D eigenvalue weighted by molar-refractivity contribution is 0.475. The SMILES string of the molecule is Cc1cc(O)ccc1Nc1ncnc2c1cnn2-c1ccccc1F. The second-order valence-corrected chi connectivity index (χ2v) is 5.59. The molecule has 0 aliphatic rings. The maximum atomic E-state index is 14.1. The molecular formula is C18H14FN5O. The second kappa shape index (κ2) is 5.86. The molecule has 2 aromatic carbocycles. The standard InChI is InChI=1S/C18H14FN5O/c1-11-8-12(25)6-7-15(11)23-17-13-9-22-24(18(13)21-10-20-17)16-5-3-2-4-14(16)19/h2-10,25H,1H3,(H,20,21,23). The fraction of sp³-hybridized carbons (Fsp3) is 0.0556. The topological polar surface area (TPSA) is 75.9 Å². The summed E-state index contributed by atoms with van der Waals surface area (Å²) in [4.78, 5) is 8.50. The van der Waals surface area contributed by atoms with Crippen LogP contribution < -0.4 is 5.32 Å². The zero-order valence-corrected chi connectivity index (χ0v) is 13.3. The summed E-state index contributed by atoms with van der Waals surface area (Å²) in [5, 5.41) is 17.7. The van der Waals surface area contributed by atoms with Crippen LogP contribution in [0.25, 0.3) is 16.7 Å². The van der Waals surface area contributed by atoms with Gasteiger partial charge in [0.1, 0.15) is 29.4 Å². The number of hydrogen-bond donors (Lipinski definition) is 2. The molecule has 124 valence electrons. The molecule has 0 fully saturated rings. The molecule has 0 aliphatic carbocycles. The first kappa shape index (κ1) is 15.1. The lowest BCUT2D eigenvalue weighted by Crippen LogP contribution is -2.02. The van der Waals surface area contributed by atoms with E-state index in [2.05, 4.69) is 20.4 Å². The van der Waals surface area contributed by atoms with Gasteiger partial charge in [0.15, 0.2) is 5.65 Å². The summed E-state index contributed by atoms with van der Waals surface area (Å²) in [6, 6.07) is 11.4. The summed E-state index contributed by atoms with van der Waals surface area (Å²) >= 11 is 0. The van der Waals surface area contributed by atoms with Gasteiger partial charge in [-0.2, -0.15) is 5.10 Å². The molecule has 25 heavy (non-hydrogen) atoms. The molecule has 4 rings (SSSR count). The Labute approximate surface area is 142 Å². The third-order valence-corrected chi connectivity index (χ3v) is 3.91. The van der Waals surface area contributed by atoms with Crippen LogP contribution in [-0.2, 0) is 0 Å². The van der Waals surface area contributed by atoms with E-state index in [-0.39, 0.29) is 11.6 Å². The molecule has 0 aliphatic heterocycles. The van der Waals surface area contributed by atoms with Crippen molar-refractivity contribution in [2.45, 2.75) is 6.92 Å². The van der Waals surface area contributed by atoms with Crippen LogP contribution in [0.3, 0.4) is 0 Å². The van der Waals surface area contributed by atoms with Crippen molar-refractivity contribution in [1.29, 1.82) is 0 Å². The van der Waals surface area contributed by atoms with Crippen LogP contribution in [0.1, 0.15) is 5.56 Å². The molecule has 2 aromatic heterocycles. The molecule has 6 nitrogen and oxygen atoms in total. The predicted molar refractivity (Wildman–Crippen MR) is 92.7 cm³/mol. The number of hydrogen-bond acceptors (Lipinski definition) is 5. The molecule has 0 amide bonds. The largest absolute Gasteiger partial charge is 0.508 e. The minimum atomic E-state index is -0.380. The van der Waals surface area contributed by atoms with Crippen LogP contribution in [0.2, 0.25) is 0 Å². The van der Waals surface area contributed by atoms with Crippen molar-refractivity contribution < 1.29 is 9.50 Å². The average molecular weight is 335 g/mol. The highest BCUT2D eigenvalue weighted by molar-refractivity contribution is 5.89. The first-order valence-electron chi connectivity index (χ1n) is 7.64. The Morgan fingerprint density at radius 2 is 1.96 bits per heavy atom. The Hall–Kier alpha value is -3.48. The second-order valence-electron chi connectivity index (χ2n) is 5.59. The van der Waals surface area contributed by atoms with E-state index in [0.29, 0.717) is 22.5 Å². The fourth-order valence-corrected chi connectivity index (χ4v) is 2.66. The number of rotatable bonds is 3. The van der Waals surface area contributed by atoms with Crippen LogP contribution in [0.15, 0.2) is 55.0 Å². The van der Waals surface area contributed by atoms with E-state index < -0.39 is 0 Å². The van der Waals surface area contributed by atoms with E-state index in [4.69, 9.17) is 0 Å². The number of phenolic OH excluding ortho intramolecular Hbond substituents is 1. The minimum absolute atomic E-state index is 0.197. The number of para-hydroxylation sites is 1. The first-order valence-corrected chi connectivity index (χ1v) is 7.64. The zero-order valence-electron chi connectivity index (χ0n) is 13.3. The van der Waals surface area contributed by atoms with E-state index in [1.165, 1.54) is 17.1 Å². The number of aryl methyl sites for hydroxylation is 1. The predicted octanol–water partition coefficient (Wildman–Crippen LogP) is 3.71. The molecule has 0 atom stereocenters. The Morgan fingerprint density at radius 3 is 2.76 bits per heavy atom. The molecule has 0 spiro atoms. The van der Waals surface area contributed by atoms with Gasteiger partial charge in [-0.25, -0.2) is 19.0 Å². The number of phenols is 1. The van der Waals surface area contributed by atoms with Gasteiger partial charge in [-0.05, 0) is 42.8 Å². The molecule has 2 N–H and O–H groups in total. The molecule has 7 heteroatoms. The maximum Gasteiger partial charge on any atom is 0.168 e. The highest BCUT2D eigenvalue weighted by atomic mass is 19.1. The highest BCUT2D eigenvalue weighted by Gasteiger charge is 2.14. The molecule has 0 unspecified atom stereocenters. The fourth-order valence-electron chi connectivity index (χ4n) is 2.66. The monoisotopic (exact) mass is 335 g/mol. The van der Waals surface area contributed by atoms with Crippen LogP contribution in [0.4, 0.5) is 15.9 Å². The van der Waals surface area contributed by atoms with E-state index in [1.807, 2.05) is 6.92 Å². The summed E-state index contributed by atoms with van der Waals surface area (Å²) in [7, 11) is 0. The number of halogens is 1. The van der Waals surface area contributed by atoms with Crippen LogP contribution in [-0.4, -0.2) is 24.9 Å². The number of aromatic hydroxyl groups is 1. The summed E-state index contributed by atoms with van der Waals surface area (Å²) in [5.41, 5.74) is 2.49. The van der Waals surface area contributed by atoms with Crippen molar-refractivity contribution in [2.75, 3.05) is 5.32 Å². The van der Waals surface area contributed by atoms with Crippen molar-refractivity contribution in [3.05, 3.63) is 66.4 Å². The van der Waals surface area contributed by atoms with Crippen molar-refractivity contribution in [1.82, 2.24) is 19.7 Å². The molecule has 2 heterocycles. The Balaban J connectivity index is 1.81. The number of aromatic nitrogens is 4. The van der Waals surface area contributed by atoms with Crippen molar-refractivity contribution in [3.63, 3.8) is 0 Å². The number of anilines is 2. The van der Waals surface area contributed by atoms with Gasteiger partial charge in [-0.3, -0.25) is 0 Å². The summed E-state index contributed by atoms with van der Waals surface area (Å²) in [5.74, 6) is 0.375. The van der Waals surface area contributed by atoms with Crippen molar-refractivity contribution in [2.24, 2.45) is 0 Å². The Morgan fingerprint density at radius 1 is 1.12 bits per heavy atom. The number of benzene rings is 2. The molecule has 4 aromatic rings. The summed E-state index contributed by atoms with van der Waals surface area (Å²) in [6.45, 7) is 1.88. The van der Waals surface area contributed by atoms with E-state index in [1.54, 1.807) is 42.6 Å². The van der Waals surface area contributed by atoms with Gasteiger partial charge in [0.2, 0.25) is 0 Å². The normalized spacial score (nSPS) is 11.0. The number of fused-ring (bicyclic) bond motifs is 1. The maximum absolute atomic E-state index is 14.1. The Kier molecular flexibility index (Phi) is 3.53. The lowest BCUT2D eigenvalue weighted by Gasteiger charge is -2.10. The number of nitrogens with zero attached hydrogens (tertiary/aromatic N) is 4. The van der Waals surface area contributed by atoms with Gasteiger partial charge in [0, 0.05) is 5.69 Å². The molecule has 0 bridgehead atoms. The highest BCUT2D eigenvalue weighted by Crippen LogP contribution is 2.28. The average Bonchev–Trinajstić information content (AvgIpc) is 3.03. The molecule has 0 radical (unpaired) electrons. The van der Waals surface area contributed by atoms with Gasteiger partial charge >= 0.3 is 0 Å². The molecular weight excluding hydrogens is 321 g/mol. The lowest BCUT2D eigenvalue weighted by atomic mass is 10.2. The van der Waals surface area contributed by atoms with Crippen LogP contribution in [0.5, 0.6) is 5.75 Å². The van der Waals surface area contributed by atoms with E-state index >= 15 is 0 Å². The van der Waals surface area contributed by atoms with Crippen LogP contribution in [0, 0.1) is 12.7 Å². The quantitative estimate of drug-likeness (QED) is 0.558. The van der Waals surface area contributed by atoms with E-state index in [9.17, 15) is 9.50 Å². The zero-order chi connectivity index (χ0) is 17.4. The van der Waals surface area contributed by atoms with E-state index in [0.717, 1.165) is 11.3 Å². The van der Waals surface area contributed by atoms with Crippen molar-refractivity contribution >= 4 is 22.5 Å². The summed E-state index contributed by atoms with van der Waals surface area (Å²) in [6.07, 6.45) is 3.00. The van der Waals surface area contributed by atoms with Gasteiger partial charge < -0.3 is 10.4 Å². The minimum Gasteiger partial charge on any atom is -0.508 e.